The molecule has 1 saturated heterocycles. The molecule has 0 bridgehead atoms. The van der Waals surface area contributed by atoms with Crippen molar-refractivity contribution in [2.45, 2.75) is 12.8 Å². The zero-order chi connectivity index (χ0) is 8.10. The molecule has 1 rings (SSSR count). The van der Waals surface area contributed by atoms with Gasteiger partial charge in [0.05, 0.1) is 0 Å². The highest BCUT2D eigenvalue weighted by molar-refractivity contribution is 5.93. The Morgan fingerprint density at radius 2 is 2.09 bits per heavy atom. The lowest BCUT2D eigenvalue weighted by Crippen LogP contribution is -2.25. The van der Waals surface area contributed by atoms with Gasteiger partial charge in [-0.1, -0.05) is 0 Å². The van der Waals surface area contributed by atoms with Crippen molar-refractivity contribution in [1.29, 1.82) is 5.41 Å². The maximum absolute atomic E-state index is 7.44. The molecule has 0 atom stereocenters. The molecule has 11 heavy (non-hydrogen) atoms. The largest absolute Gasteiger partial charge is 0.405 e. The number of rotatable bonds is 3. The van der Waals surface area contributed by atoms with Gasteiger partial charge in [-0.3, -0.25) is 4.90 Å². The van der Waals surface area contributed by atoms with E-state index in [0.29, 0.717) is 5.71 Å². The number of nitrogens with two attached hydrogens (primary N) is 1. The minimum Gasteiger partial charge on any atom is -0.405 e. The molecule has 1 heterocycles. The third kappa shape index (κ3) is 2.72. The Morgan fingerprint density at radius 3 is 2.64 bits per heavy atom. The van der Waals surface area contributed by atoms with Crippen molar-refractivity contribution in [2.75, 3.05) is 19.6 Å². The lowest BCUT2D eigenvalue weighted by atomic mass is 10.3. The lowest BCUT2D eigenvalue weighted by Gasteiger charge is -2.12. The molecular formula is C8H15N3. The Bertz CT molecular complexity index is 157. The predicted molar refractivity (Wildman–Crippen MR) is 46.7 cm³/mol. The Kier molecular flexibility index (Phi) is 3.11. The van der Waals surface area contributed by atoms with E-state index in [9.17, 15) is 0 Å². The van der Waals surface area contributed by atoms with Crippen molar-refractivity contribution < 1.29 is 0 Å². The lowest BCUT2D eigenvalue weighted by molar-refractivity contribution is 0.388. The van der Waals surface area contributed by atoms with Gasteiger partial charge in [0.25, 0.3) is 0 Å². The Hall–Kier alpha value is -0.830. The van der Waals surface area contributed by atoms with Crippen LogP contribution in [0.2, 0.25) is 0 Å². The molecule has 0 spiro atoms. The van der Waals surface area contributed by atoms with Gasteiger partial charge in [0, 0.05) is 12.3 Å². The first-order valence-electron chi connectivity index (χ1n) is 4.01. The quantitative estimate of drug-likeness (QED) is 0.582. The zero-order valence-electron chi connectivity index (χ0n) is 6.71. The highest BCUT2D eigenvalue weighted by Crippen LogP contribution is 2.06. The predicted octanol–water partition coefficient (Wildman–Crippen LogP) is 0.574. The van der Waals surface area contributed by atoms with E-state index in [2.05, 4.69) is 4.90 Å². The first-order chi connectivity index (χ1) is 5.33. The van der Waals surface area contributed by atoms with Gasteiger partial charge in [-0.2, -0.15) is 0 Å². The first kappa shape index (κ1) is 8.27. The van der Waals surface area contributed by atoms with E-state index in [1.165, 1.54) is 19.0 Å². The molecule has 3 nitrogen and oxygen atoms in total. The minimum absolute atomic E-state index is 0.606. The topological polar surface area (TPSA) is 53.1 Å². The fourth-order valence-corrected chi connectivity index (χ4v) is 1.35. The van der Waals surface area contributed by atoms with Gasteiger partial charge in [0.1, 0.15) is 0 Å². The summed E-state index contributed by atoms with van der Waals surface area (Å²) in [7, 11) is 0. The van der Waals surface area contributed by atoms with E-state index >= 15 is 0 Å². The van der Waals surface area contributed by atoms with E-state index in [0.717, 1.165) is 19.6 Å². The van der Waals surface area contributed by atoms with Crippen LogP contribution >= 0.6 is 0 Å². The van der Waals surface area contributed by atoms with Gasteiger partial charge in [-0.05, 0) is 38.2 Å². The van der Waals surface area contributed by atoms with Crippen molar-refractivity contribution >= 4 is 5.71 Å². The third-order valence-corrected chi connectivity index (χ3v) is 1.89. The Labute approximate surface area is 67.4 Å². The molecule has 0 radical (unpaired) electrons. The maximum Gasteiger partial charge on any atom is 0.0468 e. The minimum atomic E-state index is 0.606. The molecule has 1 fully saturated rings. The standard InChI is InChI=1S/C8H15N3/c9-4-3-8(10)7-11-5-1-2-6-11/h3-4,10H,1-2,5-7,9H2/b4-3-,10-8?. The summed E-state index contributed by atoms with van der Waals surface area (Å²) < 4.78 is 0. The van der Waals surface area contributed by atoms with Gasteiger partial charge in [0.15, 0.2) is 0 Å². The SMILES string of the molecule is N=C(/C=C\N)CN1CCCC1. The molecule has 62 valence electrons. The van der Waals surface area contributed by atoms with Crippen LogP contribution in [0, 0.1) is 5.41 Å². The normalized spacial score (nSPS) is 19.6. The number of hydrogen-bond donors (Lipinski definition) is 2. The molecule has 0 unspecified atom stereocenters. The van der Waals surface area contributed by atoms with E-state index in [1.807, 2.05) is 0 Å². The van der Waals surface area contributed by atoms with Crippen LogP contribution in [0.5, 0.6) is 0 Å². The van der Waals surface area contributed by atoms with Crippen molar-refractivity contribution in [3.63, 3.8) is 0 Å². The van der Waals surface area contributed by atoms with Crippen molar-refractivity contribution in [1.82, 2.24) is 4.90 Å². The molecule has 0 saturated carbocycles. The summed E-state index contributed by atoms with van der Waals surface area (Å²) in [6, 6.07) is 0. The summed E-state index contributed by atoms with van der Waals surface area (Å²) >= 11 is 0. The summed E-state index contributed by atoms with van der Waals surface area (Å²) in [5.74, 6) is 0. The summed E-state index contributed by atoms with van der Waals surface area (Å²) in [6.07, 6.45) is 5.63. The van der Waals surface area contributed by atoms with Crippen LogP contribution in [0.4, 0.5) is 0 Å². The molecule has 3 heteroatoms. The third-order valence-electron chi connectivity index (χ3n) is 1.89. The van der Waals surface area contributed by atoms with Gasteiger partial charge in [-0.15, -0.1) is 0 Å². The first-order valence-corrected chi connectivity index (χ1v) is 4.01. The number of hydrogen-bond acceptors (Lipinski definition) is 3. The summed E-state index contributed by atoms with van der Waals surface area (Å²) in [6.45, 7) is 3.04. The zero-order valence-corrected chi connectivity index (χ0v) is 6.71. The van der Waals surface area contributed by atoms with Crippen LogP contribution in [0.1, 0.15) is 12.8 Å². The van der Waals surface area contributed by atoms with Crippen molar-refractivity contribution in [3.05, 3.63) is 12.3 Å². The molecule has 3 N–H and O–H groups in total. The van der Waals surface area contributed by atoms with Gasteiger partial charge < -0.3 is 11.1 Å². The molecule has 0 aliphatic carbocycles. The molecule has 1 aliphatic rings. The number of likely N-dealkylation sites (tertiary alicyclic amines) is 1. The highest BCUT2D eigenvalue weighted by atomic mass is 15.1. The van der Waals surface area contributed by atoms with Crippen LogP contribution in [-0.4, -0.2) is 30.2 Å². The number of nitrogens with one attached hydrogen (secondary N) is 1. The highest BCUT2D eigenvalue weighted by Gasteiger charge is 2.11. The van der Waals surface area contributed by atoms with E-state index < -0.39 is 0 Å². The average molecular weight is 153 g/mol. The second-order valence-electron chi connectivity index (χ2n) is 2.87. The van der Waals surface area contributed by atoms with E-state index in [-0.39, 0.29) is 0 Å². The van der Waals surface area contributed by atoms with E-state index in [1.54, 1.807) is 6.08 Å². The Balaban J connectivity index is 2.23. The fraction of sp³-hybridized carbons (Fsp3) is 0.625. The molecule has 0 amide bonds. The van der Waals surface area contributed by atoms with Gasteiger partial charge in [0.2, 0.25) is 0 Å². The van der Waals surface area contributed by atoms with Crippen LogP contribution < -0.4 is 5.73 Å². The number of nitrogens with zero attached hydrogens (tertiary/aromatic N) is 1. The summed E-state index contributed by atoms with van der Waals surface area (Å²) in [4.78, 5) is 2.28. The Morgan fingerprint density at radius 1 is 1.45 bits per heavy atom. The van der Waals surface area contributed by atoms with Crippen LogP contribution in [0.15, 0.2) is 12.3 Å². The molecule has 0 aromatic rings. The molecular weight excluding hydrogens is 138 g/mol. The van der Waals surface area contributed by atoms with Gasteiger partial charge >= 0.3 is 0 Å². The van der Waals surface area contributed by atoms with Crippen LogP contribution in [0.3, 0.4) is 0 Å². The van der Waals surface area contributed by atoms with Crippen LogP contribution in [0.25, 0.3) is 0 Å². The second kappa shape index (κ2) is 4.13. The summed E-state index contributed by atoms with van der Waals surface area (Å²) in [5, 5.41) is 7.44. The van der Waals surface area contributed by atoms with Crippen molar-refractivity contribution in [3.8, 4) is 0 Å². The summed E-state index contributed by atoms with van der Waals surface area (Å²) in [5.41, 5.74) is 5.77. The van der Waals surface area contributed by atoms with Crippen LogP contribution in [-0.2, 0) is 0 Å². The van der Waals surface area contributed by atoms with Crippen molar-refractivity contribution in [2.24, 2.45) is 5.73 Å². The molecule has 0 aromatic carbocycles. The monoisotopic (exact) mass is 153 g/mol. The second-order valence-corrected chi connectivity index (χ2v) is 2.87. The molecule has 0 aromatic heterocycles. The van der Waals surface area contributed by atoms with Gasteiger partial charge in [-0.25, -0.2) is 0 Å². The fourth-order valence-electron chi connectivity index (χ4n) is 1.35. The van der Waals surface area contributed by atoms with E-state index in [4.69, 9.17) is 11.1 Å². The maximum atomic E-state index is 7.44. The average Bonchev–Trinajstić information content (AvgIpc) is 2.40. The smallest absolute Gasteiger partial charge is 0.0468 e. The molecule has 1 aliphatic heterocycles.